The molecule has 0 saturated carbocycles. The Hall–Kier alpha value is -4.50. The van der Waals surface area contributed by atoms with Crippen LogP contribution in [0, 0.1) is 5.82 Å². The third-order valence-corrected chi connectivity index (χ3v) is 7.46. The normalized spacial score (nSPS) is 14.4. The minimum atomic E-state index is -1.13. The Bertz CT molecular complexity index is 1720. The molecule has 0 unspecified atom stereocenters. The Morgan fingerprint density at radius 2 is 1.97 bits per heavy atom. The first-order valence-electron chi connectivity index (χ1n) is 12.1. The van der Waals surface area contributed by atoms with E-state index < -0.39 is 18.4 Å². The van der Waals surface area contributed by atoms with E-state index in [0.717, 1.165) is 11.3 Å². The van der Waals surface area contributed by atoms with Gasteiger partial charge in [0.25, 0.3) is 0 Å². The average molecular weight is 555 g/mol. The predicted molar refractivity (Wildman–Crippen MR) is 141 cm³/mol. The lowest BCUT2D eigenvalue weighted by Gasteiger charge is -2.36. The van der Waals surface area contributed by atoms with Crippen molar-refractivity contribution >= 4 is 44.9 Å². The summed E-state index contributed by atoms with van der Waals surface area (Å²) in [4.78, 5) is 36.5. The van der Waals surface area contributed by atoms with Crippen LogP contribution in [0.15, 0.2) is 45.8 Å². The molecule has 3 N–H and O–H groups in total. The third kappa shape index (κ3) is 4.77. The Kier molecular flexibility index (Phi) is 6.36. The molecule has 13 nitrogen and oxygen atoms in total. The Balaban J connectivity index is 1.14. The molecule has 15 heteroatoms. The number of furan rings is 1. The van der Waals surface area contributed by atoms with Crippen molar-refractivity contribution in [3.63, 3.8) is 0 Å². The monoisotopic (exact) mass is 554 g/mol. The van der Waals surface area contributed by atoms with E-state index in [1.54, 1.807) is 28.8 Å². The van der Waals surface area contributed by atoms with Gasteiger partial charge in [0.15, 0.2) is 23.7 Å². The lowest BCUT2D eigenvalue weighted by molar-refractivity contribution is -0.139. The number of piperazine rings is 1. The van der Waals surface area contributed by atoms with E-state index in [2.05, 4.69) is 20.0 Å². The lowest BCUT2D eigenvalue weighted by atomic mass is 10.2. The van der Waals surface area contributed by atoms with Crippen molar-refractivity contribution in [3.05, 3.63) is 52.1 Å². The molecule has 0 radical (unpaired) electrons. The van der Waals surface area contributed by atoms with Crippen LogP contribution >= 0.6 is 11.3 Å². The number of aliphatic carboxylic acids is 1. The molecule has 0 bridgehead atoms. The summed E-state index contributed by atoms with van der Waals surface area (Å²) in [6.07, 6.45) is 1.53. The number of thiazole rings is 1. The van der Waals surface area contributed by atoms with Crippen molar-refractivity contribution in [1.29, 1.82) is 0 Å². The van der Waals surface area contributed by atoms with E-state index in [1.165, 1.54) is 16.8 Å². The highest BCUT2D eigenvalue weighted by molar-refractivity contribution is 7.17. The molecule has 202 valence electrons. The number of hydrogen-bond donors (Lipinski definition) is 2. The van der Waals surface area contributed by atoms with Gasteiger partial charge in [-0.1, -0.05) is 11.3 Å². The van der Waals surface area contributed by atoms with Crippen molar-refractivity contribution < 1.29 is 23.4 Å². The molecule has 4 aromatic heterocycles. The minimum absolute atomic E-state index is 0.115. The summed E-state index contributed by atoms with van der Waals surface area (Å²) in [5, 5.41) is 13.1. The SMILES string of the molecule is Nc1nc2c(sc(=O)n2CCN2CCN(c3ccc(OCC(=O)O)cc3F)CC2)c2nc(-c3ccco3)nn12. The number of carbonyl (C=O) groups is 1. The number of nitrogens with two attached hydrogens (primary N) is 1. The van der Waals surface area contributed by atoms with E-state index in [0.29, 0.717) is 72.5 Å². The number of rotatable bonds is 8. The number of nitrogen functional groups attached to an aromatic ring is 1. The molecule has 0 amide bonds. The number of halogens is 1. The largest absolute Gasteiger partial charge is 0.482 e. The van der Waals surface area contributed by atoms with Crippen molar-refractivity contribution in [1.82, 2.24) is 29.0 Å². The molecule has 39 heavy (non-hydrogen) atoms. The van der Waals surface area contributed by atoms with Gasteiger partial charge in [0.05, 0.1) is 12.0 Å². The van der Waals surface area contributed by atoms with Gasteiger partial charge in [-0.25, -0.2) is 14.2 Å². The predicted octanol–water partition coefficient (Wildman–Crippen LogP) is 1.77. The Morgan fingerprint density at radius 1 is 1.15 bits per heavy atom. The molecule has 5 aromatic rings. The van der Waals surface area contributed by atoms with Gasteiger partial charge >= 0.3 is 10.8 Å². The first kappa shape index (κ1) is 24.8. The van der Waals surface area contributed by atoms with Gasteiger partial charge < -0.3 is 24.9 Å². The standard InChI is InChI=1S/C24H23FN8O5S/c25-15-12-14(38-13-18(34)35)3-4-16(15)31-8-5-30(6-9-31)7-10-32-21-19(39-24(32)36)22-27-20(17-2-1-11-37-17)29-33(22)23(26)28-21/h1-4,11-12H,5-10,13H2,(H2,26,28)(H,34,35). The fourth-order valence-corrected chi connectivity index (χ4v) is 5.50. The van der Waals surface area contributed by atoms with Gasteiger partial charge in [-0.3, -0.25) is 14.3 Å². The summed E-state index contributed by atoms with van der Waals surface area (Å²) in [6.45, 7) is 3.00. The molecule has 6 rings (SSSR count). The summed E-state index contributed by atoms with van der Waals surface area (Å²) in [5.41, 5.74) is 7.49. The second kappa shape index (κ2) is 9.99. The van der Waals surface area contributed by atoms with E-state index in [9.17, 15) is 14.0 Å². The Labute approximate surface area is 223 Å². The first-order valence-corrected chi connectivity index (χ1v) is 12.9. The maximum Gasteiger partial charge on any atom is 0.341 e. The van der Waals surface area contributed by atoms with Crippen molar-refractivity contribution in [3.8, 4) is 17.3 Å². The summed E-state index contributed by atoms with van der Waals surface area (Å²) in [6, 6.07) is 7.83. The Morgan fingerprint density at radius 3 is 2.69 bits per heavy atom. The highest BCUT2D eigenvalue weighted by Gasteiger charge is 2.22. The minimum Gasteiger partial charge on any atom is -0.482 e. The summed E-state index contributed by atoms with van der Waals surface area (Å²) < 4.78 is 28.7. The van der Waals surface area contributed by atoms with Crippen LogP contribution in [0.2, 0.25) is 0 Å². The number of anilines is 2. The molecule has 0 spiro atoms. The molecule has 0 atom stereocenters. The van der Waals surface area contributed by atoms with Crippen LogP contribution in [0.4, 0.5) is 16.0 Å². The molecule has 0 aliphatic carbocycles. The maximum atomic E-state index is 14.7. The van der Waals surface area contributed by atoms with E-state index in [1.807, 2.05) is 4.90 Å². The zero-order chi connectivity index (χ0) is 27.1. The molecule has 1 aromatic carbocycles. The van der Waals surface area contributed by atoms with Crippen molar-refractivity contribution in [2.75, 3.05) is 50.0 Å². The molecular formula is C24H23FN8O5S. The van der Waals surface area contributed by atoms with Gasteiger partial charge in [-0.15, -0.1) is 5.10 Å². The van der Waals surface area contributed by atoms with Crippen LogP contribution in [-0.4, -0.2) is 79.5 Å². The quantitative estimate of drug-likeness (QED) is 0.288. The third-order valence-electron chi connectivity index (χ3n) is 6.49. The molecular weight excluding hydrogens is 531 g/mol. The maximum absolute atomic E-state index is 14.7. The van der Waals surface area contributed by atoms with Gasteiger partial charge in [0.1, 0.15) is 16.3 Å². The molecule has 1 aliphatic heterocycles. The van der Waals surface area contributed by atoms with Gasteiger partial charge in [-0.05, 0) is 24.3 Å². The lowest BCUT2D eigenvalue weighted by Crippen LogP contribution is -2.47. The van der Waals surface area contributed by atoms with Gasteiger partial charge in [-0.2, -0.15) is 9.50 Å². The smallest absolute Gasteiger partial charge is 0.341 e. The summed E-state index contributed by atoms with van der Waals surface area (Å²) >= 11 is 1.04. The van der Waals surface area contributed by atoms with Crippen LogP contribution < -0.4 is 20.2 Å². The number of aromatic nitrogens is 5. The topological polar surface area (TPSA) is 157 Å². The zero-order valence-corrected chi connectivity index (χ0v) is 21.3. The molecule has 1 saturated heterocycles. The number of ether oxygens (including phenoxy) is 1. The van der Waals surface area contributed by atoms with Crippen LogP contribution in [-0.2, 0) is 11.3 Å². The highest BCUT2D eigenvalue weighted by atomic mass is 32.1. The van der Waals surface area contributed by atoms with E-state index in [-0.39, 0.29) is 16.6 Å². The second-order valence-corrected chi connectivity index (χ2v) is 9.88. The number of carboxylic acids is 1. The fraction of sp³-hybridized carbons (Fsp3) is 0.292. The molecule has 1 fully saturated rings. The van der Waals surface area contributed by atoms with Gasteiger partial charge in [0, 0.05) is 45.3 Å². The number of nitrogens with zero attached hydrogens (tertiary/aromatic N) is 7. The van der Waals surface area contributed by atoms with Crippen molar-refractivity contribution in [2.45, 2.75) is 6.54 Å². The second-order valence-electron chi connectivity index (χ2n) is 8.91. The number of hydrogen-bond acceptors (Lipinski definition) is 11. The number of benzene rings is 1. The number of carboxylic acid groups (broad SMARTS) is 1. The molecule has 1 aliphatic rings. The highest BCUT2D eigenvalue weighted by Crippen LogP contribution is 2.27. The average Bonchev–Trinajstić information content (AvgIpc) is 3.66. The molecule has 5 heterocycles. The van der Waals surface area contributed by atoms with Crippen LogP contribution in [0.1, 0.15) is 0 Å². The van der Waals surface area contributed by atoms with E-state index >= 15 is 0 Å². The zero-order valence-electron chi connectivity index (χ0n) is 20.5. The summed E-state index contributed by atoms with van der Waals surface area (Å²) in [5.74, 6) is -0.477. The number of fused-ring (bicyclic) bond motifs is 3. The fourth-order valence-electron chi connectivity index (χ4n) is 4.57. The van der Waals surface area contributed by atoms with Crippen LogP contribution in [0.3, 0.4) is 0 Å². The van der Waals surface area contributed by atoms with Crippen LogP contribution in [0.25, 0.3) is 27.6 Å². The van der Waals surface area contributed by atoms with Gasteiger partial charge in [0.2, 0.25) is 11.8 Å². The van der Waals surface area contributed by atoms with Crippen molar-refractivity contribution in [2.24, 2.45) is 0 Å². The van der Waals surface area contributed by atoms with Crippen LogP contribution in [0.5, 0.6) is 5.75 Å². The van der Waals surface area contributed by atoms with E-state index in [4.69, 9.17) is 20.0 Å². The first-order chi connectivity index (χ1) is 18.9. The summed E-state index contributed by atoms with van der Waals surface area (Å²) in [7, 11) is 0.